The smallest absolute Gasteiger partial charge is 0.251 e. The third-order valence-electron chi connectivity index (χ3n) is 2.73. The molecule has 0 saturated carbocycles. The van der Waals surface area contributed by atoms with E-state index in [1.807, 2.05) is 23.6 Å². The average Bonchev–Trinajstić information content (AvgIpc) is 2.97. The van der Waals surface area contributed by atoms with Crippen LogP contribution in [-0.2, 0) is 6.54 Å². The molecule has 0 radical (unpaired) electrons. The molecule has 0 aliphatic rings. The molecule has 1 amide bonds. The van der Waals surface area contributed by atoms with Crippen LogP contribution in [0, 0.1) is 0 Å². The number of benzene rings is 1. The second kappa shape index (κ2) is 5.16. The molecule has 0 atom stereocenters. The highest BCUT2D eigenvalue weighted by molar-refractivity contribution is 7.09. The Morgan fingerprint density at radius 1 is 1.16 bits per heavy atom. The molecule has 2 heterocycles. The summed E-state index contributed by atoms with van der Waals surface area (Å²) in [5.41, 5.74) is 2.12. The van der Waals surface area contributed by atoms with E-state index in [1.165, 1.54) is 0 Å². The van der Waals surface area contributed by atoms with E-state index in [1.54, 1.807) is 35.9 Å². The number of carbonyl (C=O) groups excluding carboxylic acids is 1. The summed E-state index contributed by atoms with van der Waals surface area (Å²) < 4.78 is 0. The third-order valence-corrected chi connectivity index (χ3v) is 3.61. The standard InChI is InChI=1S/C14H11N3OS/c18-14(17-9-11-2-1-7-19-11)10-3-4-12-13(8-10)16-6-5-15-12/h1-8H,9H2,(H,17,18). The lowest BCUT2D eigenvalue weighted by molar-refractivity contribution is 0.0951. The van der Waals surface area contributed by atoms with Gasteiger partial charge in [-0.05, 0) is 29.6 Å². The summed E-state index contributed by atoms with van der Waals surface area (Å²) in [7, 11) is 0. The van der Waals surface area contributed by atoms with Crippen LogP contribution in [0.2, 0.25) is 0 Å². The summed E-state index contributed by atoms with van der Waals surface area (Å²) >= 11 is 1.63. The molecule has 3 aromatic rings. The van der Waals surface area contributed by atoms with Crippen LogP contribution in [0.4, 0.5) is 0 Å². The molecule has 4 nitrogen and oxygen atoms in total. The van der Waals surface area contributed by atoms with Crippen molar-refractivity contribution in [3.8, 4) is 0 Å². The number of nitrogens with one attached hydrogen (secondary N) is 1. The molecule has 0 spiro atoms. The summed E-state index contributed by atoms with van der Waals surface area (Å²) in [6.07, 6.45) is 3.26. The second-order valence-electron chi connectivity index (χ2n) is 4.02. The molecule has 5 heteroatoms. The quantitative estimate of drug-likeness (QED) is 0.795. The first kappa shape index (κ1) is 11.8. The molecule has 0 aliphatic heterocycles. The van der Waals surface area contributed by atoms with E-state index in [9.17, 15) is 4.79 Å². The lowest BCUT2D eigenvalue weighted by Gasteiger charge is -2.04. The molecular formula is C14H11N3OS. The molecule has 1 aromatic carbocycles. The molecule has 0 saturated heterocycles. The van der Waals surface area contributed by atoms with Crippen LogP contribution in [0.15, 0.2) is 48.1 Å². The number of amides is 1. The number of aromatic nitrogens is 2. The Morgan fingerprint density at radius 3 is 2.79 bits per heavy atom. The first-order valence-corrected chi connectivity index (χ1v) is 6.72. The summed E-state index contributed by atoms with van der Waals surface area (Å²) in [4.78, 5) is 21.5. The molecule has 19 heavy (non-hydrogen) atoms. The maximum Gasteiger partial charge on any atom is 0.251 e. The lowest BCUT2D eigenvalue weighted by atomic mass is 10.2. The Kier molecular flexibility index (Phi) is 3.20. The van der Waals surface area contributed by atoms with Gasteiger partial charge < -0.3 is 5.32 Å². The second-order valence-corrected chi connectivity index (χ2v) is 5.05. The fraction of sp³-hybridized carbons (Fsp3) is 0.0714. The molecule has 3 rings (SSSR count). The molecule has 0 unspecified atom stereocenters. The lowest BCUT2D eigenvalue weighted by Crippen LogP contribution is -2.22. The monoisotopic (exact) mass is 269 g/mol. The zero-order valence-corrected chi connectivity index (χ0v) is 10.9. The van der Waals surface area contributed by atoms with Gasteiger partial charge in [0.25, 0.3) is 5.91 Å². The van der Waals surface area contributed by atoms with E-state index >= 15 is 0 Å². The van der Waals surface area contributed by atoms with Gasteiger partial charge in [-0.15, -0.1) is 11.3 Å². The molecule has 94 valence electrons. The van der Waals surface area contributed by atoms with Crippen LogP contribution in [-0.4, -0.2) is 15.9 Å². The van der Waals surface area contributed by atoms with Gasteiger partial charge in [0, 0.05) is 22.8 Å². The van der Waals surface area contributed by atoms with Crippen molar-refractivity contribution in [1.29, 1.82) is 0 Å². The van der Waals surface area contributed by atoms with Crippen LogP contribution < -0.4 is 5.32 Å². The van der Waals surface area contributed by atoms with Crippen LogP contribution in [0.3, 0.4) is 0 Å². The van der Waals surface area contributed by atoms with E-state index in [-0.39, 0.29) is 5.91 Å². The molecule has 1 N–H and O–H groups in total. The van der Waals surface area contributed by atoms with Gasteiger partial charge in [-0.25, -0.2) is 0 Å². The summed E-state index contributed by atoms with van der Waals surface area (Å²) in [6.45, 7) is 0.551. The summed E-state index contributed by atoms with van der Waals surface area (Å²) in [5, 5.41) is 4.88. The van der Waals surface area contributed by atoms with Crippen molar-refractivity contribution >= 4 is 28.3 Å². The average molecular weight is 269 g/mol. The highest BCUT2D eigenvalue weighted by atomic mass is 32.1. The van der Waals surface area contributed by atoms with Crippen LogP contribution in [0.5, 0.6) is 0 Å². The molecule has 0 fully saturated rings. The van der Waals surface area contributed by atoms with Gasteiger partial charge in [0.2, 0.25) is 0 Å². The van der Waals surface area contributed by atoms with E-state index in [0.717, 1.165) is 15.9 Å². The minimum absolute atomic E-state index is 0.0963. The predicted molar refractivity (Wildman–Crippen MR) is 75.0 cm³/mol. The molecule has 0 aliphatic carbocycles. The number of rotatable bonds is 3. The van der Waals surface area contributed by atoms with Crippen molar-refractivity contribution in [2.24, 2.45) is 0 Å². The minimum atomic E-state index is -0.0963. The Morgan fingerprint density at radius 2 is 2.00 bits per heavy atom. The fourth-order valence-electron chi connectivity index (χ4n) is 1.79. The number of fused-ring (bicyclic) bond motifs is 1. The van der Waals surface area contributed by atoms with E-state index < -0.39 is 0 Å². The zero-order chi connectivity index (χ0) is 13.1. The maximum atomic E-state index is 12.0. The first-order valence-electron chi connectivity index (χ1n) is 5.84. The number of hydrogen-bond acceptors (Lipinski definition) is 4. The van der Waals surface area contributed by atoms with Crippen molar-refractivity contribution < 1.29 is 4.79 Å². The van der Waals surface area contributed by atoms with Crippen LogP contribution in [0.25, 0.3) is 11.0 Å². The SMILES string of the molecule is O=C(NCc1cccs1)c1ccc2nccnc2c1. The normalized spacial score (nSPS) is 10.5. The van der Waals surface area contributed by atoms with Gasteiger partial charge in [0.15, 0.2) is 0 Å². The molecule has 0 bridgehead atoms. The first-order chi connectivity index (χ1) is 9.33. The Bertz CT molecular complexity index is 710. The largest absolute Gasteiger partial charge is 0.347 e. The molecular weight excluding hydrogens is 258 g/mol. The van der Waals surface area contributed by atoms with E-state index in [0.29, 0.717) is 12.1 Å². The summed E-state index contributed by atoms with van der Waals surface area (Å²) in [5.74, 6) is -0.0963. The van der Waals surface area contributed by atoms with Gasteiger partial charge in [0.1, 0.15) is 0 Å². The summed E-state index contributed by atoms with van der Waals surface area (Å²) in [6, 6.07) is 9.30. The highest BCUT2D eigenvalue weighted by Crippen LogP contribution is 2.12. The van der Waals surface area contributed by atoms with Gasteiger partial charge in [0.05, 0.1) is 17.6 Å². The number of hydrogen-bond donors (Lipinski definition) is 1. The van der Waals surface area contributed by atoms with Crippen LogP contribution in [0.1, 0.15) is 15.2 Å². The third kappa shape index (κ3) is 2.61. The topological polar surface area (TPSA) is 54.9 Å². The number of nitrogens with zero attached hydrogens (tertiary/aromatic N) is 2. The predicted octanol–water partition coefficient (Wildman–Crippen LogP) is 2.62. The number of carbonyl (C=O) groups is 1. The Balaban J connectivity index is 1.77. The van der Waals surface area contributed by atoms with Gasteiger partial charge in [-0.1, -0.05) is 6.07 Å². The van der Waals surface area contributed by atoms with Gasteiger partial charge in [-0.2, -0.15) is 0 Å². The minimum Gasteiger partial charge on any atom is -0.347 e. The van der Waals surface area contributed by atoms with Crippen molar-refractivity contribution in [2.45, 2.75) is 6.54 Å². The highest BCUT2D eigenvalue weighted by Gasteiger charge is 2.07. The maximum absolute atomic E-state index is 12.0. The Hall–Kier alpha value is -2.27. The van der Waals surface area contributed by atoms with Gasteiger partial charge in [-0.3, -0.25) is 14.8 Å². The number of thiophene rings is 1. The van der Waals surface area contributed by atoms with E-state index in [4.69, 9.17) is 0 Å². The zero-order valence-electron chi connectivity index (χ0n) is 10.0. The Labute approximate surface area is 114 Å². The van der Waals surface area contributed by atoms with E-state index in [2.05, 4.69) is 15.3 Å². The van der Waals surface area contributed by atoms with Crippen molar-refractivity contribution in [3.63, 3.8) is 0 Å². The fourth-order valence-corrected chi connectivity index (χ4v) is 2.43. The molecule has 2 aromatic heterocycles. The van der Waals surface area contributed by atoms with Crippen molar-refractivity contribution in [1.82, 2.24) is 15.3 Å². The van der Waals surface area contributed by atoms with Crippen molar-refractivity contribution in [3.05, 3.63) is 58.5 Å². The van der Waals surface area contributed by atoms with Crippen molar-refractivity contribution in [2.75, 3.05) is 0 Å². The van der Waals surface area contributed by atoms with Crippen LogP contribution >= 0.6 is 11.3 Å². The van der Waals surface area contributed by atoms with Gasteiger partial charge >= 0.3 is 0 Å².